The van der Waals surface area contributed by atoms with Gasteiger partial charge in [-0.05, 0) is 0 Å². The fourth-order valence-corrected chi connectivity index (χ4v) is 0.947. The molecule has 92 valence electrons. The zero-order valence-corrected chi connectivity index (χ0v) is 8.50. The van der Waals surface area contributed by atoms with E-state index >= 15 is 0 Å². The number of hydrogen-bond acceptors (Lipinski definition) is 4. The van der Waals surface area contributed by atoms with Crippen LogP contribution >= 0.6 is 11.6 Å². The number of aromatic nitrogens is 2. The lowest BCUT2D eigenvalue weighted by Crippen LogP contribution is -2.30. The van der Waals surface area contributed by atoms with Gasteiger partial charge in [-0.1, -0.05) is 11.6 Å². The van der Waals surface area contributed by atoms with Crippen LogP contribution in [0.25, 0.3) is 0 Å². The van der Waals surface area contributed by atoms with Crippen LogP contribution < -0.4 is 5.32 Å². The highest BCUT2D eigenvalue weighted by molar-refractivity contribution is 6.32. The number of nitrogens with one attached hydrogen (secondary N) is 1. The van der Waals surface area contributed by atoms with Crippen LogP contribution in [0.1, 0.15) is 10.4 Å². The summed E-state index contributed by atoms with van der Waals surface area (Å²) in [5.41, 5.74) is -0.489. The van der Waals surface area contributed by atoms with Crippen molar-refractivity contribution in [3.8, 4) is 0 Å². The van der Waals surface area contributed by atoms with Gasteiger partial charge in [-0.2, -0.15) is 18.2 Å². The molecule has 0 aliphatic rings. The molecule has 0 spiro atoms. The minimum atomic E-state index is -5.10. The summed E-state index contributed by atoms with van der Waals surface area (Å²) in [6.07, 6.45) is -4.41. The van der Waals surface area contributed by atoms with Gasteiger partial charge in [0, 0.05) is 6.20 Å². The number of hydrogen-bond donors (Lipinski definition) is 2. The van der Waals surface area contributed by atoms with Crippen molar-refractivity contribution in [2.75, 3.05) is 5.32 Å². The lowest BCUT2D eigenvalue weighted by molar-refractivity contribution is -0.167. The van der Waals surface area contributed by atoms with E-state index in [9.17, 15) is 22.8 Å². The molecule has 2 N–H and O–H groups in total. The Morgan fingerprint density at radius 3 is 2.41 bits per heavy atom. The maximum absolute atomic E-state index is 11.8. The molecule has 0 aliphatic heterocycles. The first-order valence-corrected chi connectivity index (χ1v) is 4.23. The Balaban J connectivity index is 2.92. The molecule has 0 aromatic carbocycles. The van der Waals surface area contributed by atoms with Crippen LogP contribution in [0, 0.1) is 0 Å². The van der Waals surface area contributed by atoms with E-state index in [0.29, 0.717) is 6.20 Å². The predicted octanol–water partition coefficient (Wildman–Crippen LogP) is 1.33. The molecule has 0 saturated heterocycles. The third-order valence-electron chi connectivity index (χ3n) is 1.46. The number of carbonyl (C=O) groups excluding carboxylic acids is 1. The molecule has 1 heterocycles. The molecule has 17 heavy (non-hydrogen) atoms. The summed E-state index contributed by atoms with van der Waals surface area (Å²) in [4.78, 5) is 27.4. The van der Waals surface area contributed by atoms with E-state index in [4.69, 9.17) is 16.7 Å². The summed E-state index contributed by atoms with van der Waals surface area (Å²) < 4.78 is 35.5. The second-order valence-corrected chi connectivity index (χ2v) is 3.01. The van der Waals surface area contributed by atoms with Crippen molar-refractivity contribution in [3.05, 3.63) is 16.9 Å². The number of carboxylic acid groups (broad SMARTS) is 1. The number of carboxylic acids is 1. The lowest BCUT2D eigenvalue weighted by Gasteiger charge is -2.06. The quantitative estimate of drug-likeness (QED) is 0.790. The molecule has 0 atom stereocenters. The second kappa shape index (κ2) is 4.53. The minimum Gasteiger partial charge on any atom is -0.478 e. The van der Waals surface area contributed by atoms with Gasteiger partial charge in [-0.15, -0.1) is 0 Å². The fourth-order valence-electron chi connectivity index (χ4n) is 0.737. The normalized spacial score (nSPS) is 11.1. The molecular weight excluding hydrogens is 267 g/mol. The van der Waals surface area contributed by atoms with E-state index in [2.05, 4.69) is 9.97 Å². The predicted molar refractivity (Wildman–Crippen MR) is 48.7 cm³/mol. The van der Waals surface area contributed by atoms with Crippen LogP contribution in [-0.4, -0.2) is 33.1 Å². The topological polar surface area (TPSA) is 92.2 Å². The maximum atomic E-state index is 11.8. The summed E-state index contributed by atoms with van der Waals surface area (Å²) >= 11 is 5.36. The van der Waals surface area contributed by atoms with Gasteiger partial charge in [0.15, 0.2) is 0 Å². The summed E-state index contributed by atoms with van der Waals surface area (Å²) in [6.45, 7) is 0. The molecule has 0 aliphatic carbocycles. The smallest absolute Gasteiger partial charge is 0.471 e. The highest BCUT2D eigenvalue weighted by Gasteiger charge is 2.39. The van der Waals surface area contributed by atoms with Crippen molar-refractivity contribution in [1.82, 2.24) is 9.97 Å². The van der Waals surface area contributed by atoms with Crippen LogP contribution in [0.5, 0.6) is 0 Å². The second-order valence-electron chi connectivity index (χ2n) is 2.66. The number of anilines is 1. The number of aromatic carboxylic acids is 1. The van der Waals surface area contributed by atoms with Crippen molar-refractivity contribution in [3.63, 3.8) is 0 Å². The average Bonchev–Trinajstić information content (AvgIpc) is 2.15. The molecule has 6 nitrogen and oxygen atoms in total. The Bertz CT molecular complexity index is 477. The van der Waals surface area contributed by atoms with Crippen molar-refractivity contribution in [2.24, 2.45) is 0 Å². The third kappa shape index (κ3) is 3.28. The first-order chi connectivity index (χ1) is 7.71. The third-order valence-corrected chi connectivity index (χ3v) is 1.74. The molecule has 0 fully saturated rings. The first kappa shape index (κ1) is 13.2. The van der Waals surface area contributed by atoms with Gasteiger partial charge in [-0.25, -0.2) is 9.78 Å². The van der Waals surface area contributed by atoms with E-state index in [0.717, 1.165) is 0 Å². The molecule has 0 bridgehead atoms. The summed E-state index contributed by atoms with van der Waals surface area (Å²) in [5, 5.41) is 9.28. The number of alkyl halides is 3. The van der Waals surface area contributed by atoms with Gasteiger partial charge in [-0.3, -0.25) is 10.1 Å². The maximum Gasteiger partial charge on any atom is 0.471 e. The van der Waals surface area contributed by atoms with Crippen molar-refractivity contribution >= 4 is 29.4 Å². The van der Waals surface area contributed by atoms with Gasteiger partial charge < -0.3 is 5.11 Å². The largest absolute Gasteiger partial charge is 0.478 e. The first-order valence-electron chi connectivity index (χ1n) is 3.86. The van der Waals surface area contributed by atoms with Crippen LogP contribution in [0.4, 0.5) is 19.1 Å². The van der Waals surface area contributed by atoms with Crippen molar-refractivity contribution in [1.29, 1.82) is 0 Å². The average molecular weight is 270 g/mol. The van der Waals surface area contributed by atoms with Crippen LogP contribution in [0.2, 0.25) is 5.15 Å². The molecule has 0 radical (unpaired) electrons. The Morgan fingerprint density at radius 2 is 2.00 bits per heavy atom. The zero-order valence-electron chi connectivity index (χ0n) is 7.75. The van der Waals surface area contributed by atoms with Crippen LogP contribution in [0.3, 0.4) is 0 Å². The zero-order chi connectivity index (χ0) is 13.2. The number of halogens is 4. The van der Waals surface area contributed by atoms with Gasteiger partial charge in [0.05, 0.1) is 0 Å². The Hall–Kier alpha value is -1.90. The molecule has 1 rings (SSSR count). The van der Waals surface area contributed by atoms with Gasteiger partial charge in [0.1, 0.15) is 10.7 Å². The van der Waals surface area contributed by atoms with Crippen molar-refractivity contribution in [2.45, 2.75) is 6.18 Å². The van der Waals surface area contributed by atoms with Gasteiger partial charge in [0.25, 0.3) is 0 Å². The lowest BCUT2D eigenvalue weighted by atomic mass is 10.3. The Morgan fingerprint density at radius 1 is 1.41 bits per heavy atom. The molecule has 1 aromatic heterocycles. The molecule has 0 unspecified atom stereocenters. The molecule has 1 amide bonds. The number of nitrogens with zero attached hydrogens (tertiary/aromatic N) is 2. The molecule has 10 heteroatoms. The molecule has 1 aromatic rings. The number of amides is 1. The van der Waals surface area contributed by atoms with E-state index in [1.165, 1.54) is 5.32 Å². The summed E-state index contributed by atoms with van der Waals surface area (Å²) in [6, 6.07) is 0. The van der Waals surface area contributed by atoms with Gasteiger partial charge in [0.2, 0.25) is 5.95 Å². The van der Waals surface area contributed by atoms with E-state index in [1.807, 2.05) is 0 Å². The van der Waals surface area contributed by atoms with E-state index in [-0.39, 0.29) is 0 Å². The minimum absolute atomic E-state index is 0.489. The van der Waals surface area contributed by atoms with Crippen LogP contribution in [0.15, 0.2) is 6.20 Å². The molecular formula is C7H3ClF3N3O3. The van der Waals surface area contributed by atoms with Crippen LogP contribution in [-0.2, 0) is 4.79 Å². The standard InChI is InChI=1S/C7H3ClF3N3O3/c8-3-2(4(15)16)1-12-6(13-3)14-5(17)7(9,10)11/h1H,(H,15,16)(H,12,13,14,17). The highest BCUT2D eigenvalue weighted by atomic mass is 35.5. The Kier molecular flexibility index (Phi) is 3.51. The Labute approximate surface area is 96.4 Å². The number of rotatable bonds is 2. The van der Waals surface area contributed by atoms with Crippen molar-refractivity contribution < 1.29 is 27.9 Å². The fraction of sp³-hybridized carbons (Fsp3) is 0.143. The highest BCUT2D eigenvalue weighted by Crippen LogP contribution is 2.18. The van der Waals surface area contributed by atoms with E-state index < -0.39 is 34.7 Å². The van der Waals surface area contributed by atoms with Gasteiger partial charge >= 0.3 is 18.1 Å². The monoisotopic (exact) mass is 269 g/mol. The summed E-state index contributed by atoms with van der Waals surface area (Å²) in [5.74, 6) is -4.46. The summed E-state index contributed by atoms with van der Waals surface area (Å²) in [7, 11) is 0. The SMILES string of the molecule is O=C(O)c1cnc(NC(=O)C(F)(F)F)nc1Cl. The molecule has 0 saturated carbocycles. The van der Waals surface area contributed by atoms with E-state index in [1.54, 1.807) is 0 Å². The number of carbonyl (C=O) groups is 2.